The minimum Gasteiger partial charge on any atom is -0.444 e. The van der Waals surface area contributed by atoms with E-state index in [1.807, 2.05) is 0 Å². The van der Waals surface area contributed by atoms with Crippen molar-refractivity contribution in [3.8, 4) is 0 Å². The molecule has 2 amide bonds. The van der Waals surface area contributed by atoms with Crippen LogP contribution in [0.3, 0.4) is 0 Å². The van der Waals surface area contributed by atoms with Crippen molar-refractivity contribution >= 4 is 33.7 Å². The second-order valence-corrected chi connectivity index (χ2v) is 8.90. The maximum Gasteiger partial charge on any atom is 0.408 e. The Bertz CT molecular complexity index is 654. The maximum absolute atomic E-state index is 12.9. The molecule has 3 rings (SSSR count). The monoisotopic (exact) mass is 424 g/mol. The first-order chi connectivity index (χ1) is 12.2. The molecule has 8 heteroatoms. The highest BCUT2D eigenvalue weighted by Gasteiger charge is 2.48. The molecule has 0 saturated heterocycles. The van der Waals surface area contributed by atoms with Crippen LogP contribution in [0.15, 0.2) is 17.0 Å². The first-order valence-electron chi connectivity index (χ1n) is 9.01. The van der Waals surface area contributed by atoms with E-state index in [1.54, 1.807) is 20.8 Å². The predicted molar refractivity (Wildman–Crippen MR) is 100 cm³/mol. The van der Waals surface area contributed by atoms with Crippen LogP contribution in [0.25, 0.3) is 0 Å². The number of alkyl carbamates (subject to hydrolysis) is 1. The van der Waals surface area contributed by atoms with Crippen LogP contribution in [0, 0.1) is 17.8 Å². The van der Waals surface area contributed by atoms with Gasteiger partial charge < -0.3 is 15.4 Å². The Kier molecular flexibility index (Phi) is 5.50. The maximum atomic E-state index is 12.9. The Morgan fingerprint density at radius 1 is 1.15 bits per heavy atom. The molecule has 2 aliphatic carbocycles. The average Bonchev–Trinajstić information content (AvgIpc) is 3.41. The number of hydrogen-bond donors (Lipinski definition) is 2. The molecule has 1 atom stereocenters. The molecule has 1 unspecified atom stereocenters. The van der Waals surface area contributed by atoms with Crippen LogP contribution in [0.2, 0.25) is 0 Å². The molecule has 2 saturated carbocycles. The predicted octanol–water partition coefficient (Wildman–Crippen LogP) is 3.51. The van der Waals surface area contributed by atoms with Crippen LogP contribution in [0.4, 0.5) is 10.6 Å². The summed E-state index contributed by atoms with van der Waals surface area (Å²) >= 11 is 3.22. The van der Waals surface area contributed by atoms with Crippen molar-refractivity contribution in [2.24, 2.45) is 17.8 Å². The van der Waals surface area contributed by atoms with Gasteiger partial charge in [0.25, 0.3) is 0 Å². The van der Waals surface area contributed by atoms with Crippen molar-refractivity contribution in [2.45, 2.75) is 58.1 Å². The van der Waals surface area contributed by atoms with E-state index in [4.69, 9.17) is 4.74 Å². The summed E-state index contributed by atoms with van der Waals surface area (Å²) in [5, 5.41) is 5.60. The first-order valence-corrected chi connectivity index (χ1v) is 9.80. The molecule has 7 nitrogen and oxygen atoms in total. The van der Waals surface area contributed by atoms with Gasteiger partial charge in [0, 0.05) is 0 Å². The number of aromatic nitrogens is 2. The molecule has 0 bridgehead atoms. The van der Waals surface area contributed by atoms with Gasteiger partial charge >= 0.3 is 6.09 Å². The number of hydrogen-bond acceptors (Lipinski definition) is 5. The smallest absolute Gasteiger partial charge is 0.408 e. The van der Waals surface area contributed by atoms with E-state index in [0.29, 0.717) is 22.3 Å². The van der Waals surface area contributed by atoms with Gasteiger partial charge in [0.15, 0.2) is 5.82 Å². The molecule has 2 aliphatic rings. The van der Waals surface area contributed by atoms with E-state index in [0.717, 1.165) is 25.7 Å². The van der Waals surface area contributed by atoms with Crippen LogP contribution in [-0.4, -0.2) is 33.6 Å². The van der Waals surface area contributed by atoms with Gasteiger partial charge in [0.2, 0.25) is 5.91 Å². The van der Waals surface area contributed by atoms with Gasteiger partial charge in [-0.25, -0.2) is 14.8 Å². The van der Waals surface area contributed by atoms with Crippen molar-refractivity contribution in [3.63, 3.8) is 0 Å². The Morgan fingerprint density at radius 2 is 1.77 bits per heavy atom. The number of halogens is 1. The summed E-state index contributed by atoms with van der Waals surface area (Å²) in [5.41, 5.74) is -0.614. The SMILES string of the molecule is CC(C)(C)OC(=O)NC(C(=O)Nc1cnc(Br)cn1)C(C1CC1)C1CC1. The van der Waals surface area contributed by atoms with Crippen molar-refractivity contribution < 1.29 is 14.3 Å². The molecule has 0 radical (unpaired) electrons. The Labute approximate surface area is 161 Å². The second kappa shape index (κ2) is 7.50. The zero-order chi connectivity index (χ0) is 18.9. The lowest BCUT2D eigenvalue weighted by molar-refractivity contribution is -0.120. The van der Waals surface area contributed by atoms with Gasteiger partial charge in [-0.05, 0) is 80.1 Å². The number of amides is 2. The summed E-state index contributed by atoms with van der Waals surface area (Å²) in [7, 11) is 0. The van der Waals surface area contributed by atoms with Crippen LogP contribution in [-0.2, 0) is 9.53 Å². The summed E-state index contributed by atoms with van der Waals surface area (Å²) in [6.07, 6.45) is 6.88. The molecule has 2 fully saturated rings. The number of anilines is 1. The number of nitrogens with zero attached hydrogens (tertiary/aromatic N) is 2. The van der Waals surface area contributed by atoms with E-state index in [2.05, 4.69) is 36.5 Å². The number of carbonyl (C=O) groups is 2. The molecule has 1 aromatic rings. The highest BCUT2D eigenvalue weighted by molar-refractivity contribution is 9.10. The lowest BCUT2D eigenvalue weighted by Crippen LogP contribution is -2.51. The average molecular weight is 425 g/mol. The van der Waals surface area contributed by atoms with Gasteiger partial charge in [0.05, 0.1) is 12.4 Å². The zero-order valence-corrected chi connectivity index (χ0v) is 16.9. The molecule has 0 spiro atoms. The lowest BCUT2D eigenvalue weighted by Gasteiger charge is -2.28. The molecule has 142 valence electrons. The fourth-order valence-electron chi connectivity index (χ4n) is 3.24. The fraction of sp³-hybridized carbons (Fsp3) is 0.667. The third-order valence-electron chi connectivity index (χ3n) is 4.54. The number of rotatable bonds is 6. The normalized spacial score (nSPS) is 18.3. The number of nitrogens with one attached hydrogen (secondary N) is 2. The molecule has 0 aromatic carbocycles. The summed E-state index contributed by atoms with van der Waals surface area (Å²) < 4.78 is 5.96. The second-order valence-electron chi connectivity index (χ2n) is 8.09. The Hall–Kier alpha value is -1.70. The highest BCUT2D eigenvalue weighted by Crippen LogP contribution is 2.50. The van der Waals surface area contributed by atoms with Crippen LogP contribution in [0.5, 0.6) is 0 Å². The van der Waals surface area contributed by atoms with Gasteiger partial charge in [-0.15, -0.1) is 0 Å². The largest absolute Gasteiger partial charge is 0.444 e. The topological polar surface area (TPSA) is 93.2 Å². The van der Waals surface area contributed by atoms with Gasteiger partial charge in [-0.3, -0.25) is 4.79 Å². The van der Waals surface area contributed by atoms with Crippen LogP contribution in [0.1, 0.15) is 46.5 Å². The van der Waals surface area contributed by atoms with Crippen molar-refractivity contribution in [3.05, 3.63) is 17.0 Å². The van der Waals surface area contributed by atoms with E-state index < -0.39 is 17.7 Å². The minimum atomic E-state index is -0.629. The molecular weight excluding hydrogens is 400 g/mol. The van der Waals surface area contributed by atoms with Crippen molar-refractivity contribution in [1.29, 1.82) is 0 Å². The number of carbonyl (C=O) groups excluding carboxylic acids is 2. The Morgan fingerprint density at radius 3 is 2.23 bits per heavy atom. The van der Waals surface area contributed by atoms with Crippen LogP contribution >= 0.6 is 15.9 Å². The molecule has 0 aliphatic heterocycles. The summed E-state index contributed by atoms with van der Waals surface area (Å²) in [5.74, 6) is 1.22. The molecule has 1 heterocycles. The number of ether oxygens (including phenoxy) is 1. The Balaban J connectivity index is 1.74. The van der Waals surface area contributed by atoms with E-state index in [-0.39, 0.29) is 11.8 Å². The highest BCUT2D eigenvalue weighted by atomic mass is 79.9. The summed E-state index contributed by atoms with van der Waals surface area (Å²) in [6, 6.07) is -0.629. The quantitative estimate of drug-likeness (QED) is 0.728. The van der Waals surface area contributed by atoms with Crippen molar-refractivity contribution in [1.82, 2.24) is 15.3 Å². The van der Waals surface area contributed by atoms with Crippen molar-refractivity contribution in [2.75, 3.05) is 5.32 Å². The molecule has 2 N–H and O–H groups in total. The van der Waals surface area contributed by atoms with E-state index in [9.17, 15) is 9.59 Å². The van der Waals surface area contributed by atoms with Crippen LogP contribution < -0.4 is 10.6 Å². The van der Waals surface area contributed by atoms with Gasteiger partial charge in [0.1, 0.15) is 16.2 Å². The zero-order valence-electron chi connectivity index (χ0n) is 15.3. The van der Waals surface area contributed by atoms with E-state index >= 15 is 0 Å². The van der Waals surface area contributed by atoms with Gasteiger partial charge in [-0.2, -0.15) is 0 Å². The first kappa shape index (κ1) is 19.1. The standard InChI is InChI=1S/C18H25BrN4O3/c1-18(2,3)26-17(25)23-15(14(10-4-5-10)11-6-7-11)16(24)22-13-9-20-12(19)8-21-13/h8-11,14-15H,4-7H2,1-3H3,(H,23,25)(H,21,22,24). The fourth-order valence-corrected chi connectivity index (χ4v) is 3.45. The summed E-state index contributed by atoms with van der Waals surface area (Å²) in [6.45, 7) is 5.41. The van der Waals surface area contributed by atoms with Gasteiger partial charge in [-0.1, -0.05) is 0 Å². The molecule has 26 heavy (non-hydrogen) atoms. The lowest BCUT2D eigenvalue weighted by atomic mass is 9.89. The molecule has 1 aromatic heterocycles. The third-order valence-corrected chi connectivity index (χ3v) is 4.95. The molecular formula is C18H25BrN4O3. The third kappa shape index (κ3) is 5.40. The minimum absolute atomic E-state index is 0.144. The summed E-state index contributed by atoms with van der Waals surface area (Å²) in [4.78, 5) is 33.5. The van der Waals surface area contributed by atoms with E-state index in [1.165, 1.54) is 12.4 Å².